The summed E-state index contributed by atoms with van der Waals surface area (Å²) >= 11 is 7.82. The quantitative estimate of drug-likeness (QED) is 0.682. The van der Waals surface area contributed by atoms with E-state index >= 15 is 0 Å². The summed E-state index contributed by atoms with van der Waals surface area (Å²) in [6, 6.07) is 5.14. The van der Waals surface area contributed by atoms with E-state index in [-0.39, 0.29) is 10.6 Å². The van der Waals surface area contributed by atoms with E-state index in [1.54, 1.807) is 12.1 Å². The van der Waals surface area contributed by atoms with Gasteiger partial charge in [0.15, 0.2) is 0 Å². The van der Waals surface area contributed by atoms with Gasteiger partial charge in [0.25, 0.3) is 5.69 Å². The van der Waals surface area contributed by atoms with Crippen molar-refractivity contribution in [2.45, 2.75) is 25.4 Å². The number of hydrogen-bond donors (Lipinski definition) is 1. The van der Waals surface area contributed by atoms with Crippen molar-refractivity contribution in [1.29, 1.82) is 0 Å². The Hall–Kier alpha value is -0.780. The van der Waals surface area contributed by atoms with Crippen LogP contribution in [0.3, 0.4) is 0 Å². The number of hydrogen-bond acceptors (Lipinski definition) is 4. The molecule has 2 rings (SSSR count). The highest BCUT2D eigenvalue weighted by atomic mass is 35.5. The minimum absolute atomic E-state index is 0.135. The maximum Gasteiger partial charge on any atom is 0.273 e. The van der Waals surface area contributed by atoms with E-state index in [0.29, 0.717) is 23.2 Å². The van der Waals surface area contributed by atoms with Crippen molar-refractivity contribution in [3.63, 3.8) is 0 Å². The smallest absolute Gasteiger partial charge is 0.273 e. The summed E-state index contributed by atoms with van der Waals surface area (Å²) in [6.45, 7) is 0.502. The number of nitro benzene ring substituents is 1. The van der Waals surface area contributed by atoms with Gasteiger partial charge in [0.05, 0.1) is 4.92 Å². The van der Waals surface area contributed by atoms with E-state index in [4.69, 9.17) is 11.6 Å². The van der Waals surface area contributed by atoms with Crippen molar-refractivity contribution >= 4 is 29.1 Å². The number of rotatable bonds is 4. The van der Waals surface area contributed by atoms with Crippen LogP contribution in [-0.4, -0.2) is 22.5 Å². The maximum absolute atomic E-state index is 10.9. The van der Waals surface area contributed by atoms with Crippen LogP contribution in [0.4, 0.5) is 5.69 Å². The van der Waals surface area contributed by atoms with E-state index in [1.165, 1.54) is 18.2 Å². The molecule has 0 amide bonds. The van der Waals surface area contributed by atoms with Crippen molar-refractivity contribution in [3.8, 4) is 0 Å². The topological polar surface area (TPSA) is 55.2 Å². The number of nitrogens with zero attached hydrogens (tertiary/aromatic N) is 1. The minimum atomic E-state index is -0.358. The average molecular weight is 287 g/mol. The van der Waals surface area contributed by atoms with Crippen LogP contribution in [0.5, 0.6) is 0 Å². The molecule has 0 bridgehead atoms. The first-order valence-electron chi connectivity index (χ1n) is 5.91. The zero-order valence-electron chi connectivity index (χ0n) is 9.89. The lowest BCUT2D eigenvalue weighted by atomic mass is 10.1. The molecule has 1 aromatic carbocycles. The Balaban J connectivity index is 2.03. The van der Waals surface area contributed by atoms with Gasteiger partial charge in [-0.25, -0.2) is 0 Å². The lowest BCUT2D eigenvalue weighted by Gasteiger charge is -2.22. The highest BCUT2D eigenvalue weighted by Gasteiger charge is 2.17. The normalized spacial score (nSPS) is 19.7. The van der Waals surface area contributed by atoms with Gasteiger partial charge in [-0.05, 0) is 30.7 Å². The van der Waals surface area contributed by atoms with Crippen molar-refractivity contribution in [3.05, 3.63) is 38.9 Å². The van der Waals surface area contributed by atoms with Gasteiger partial charge >= 0.3 is 0 Å². The zero-order chi connectivity index (χ0) is 13.0. The fourth-order valence-corrected chi connectivity index (χ4v) is 3.33. The Kier molecular flexibility index (Phi) is 4.86. The molecule has 1 aromatic rings. The third kappa shape index (κ3) is 3.60. The molecule has 0 aliphatic carbocycles. The Morgan fingerprint density at radius 1 is 1.56 bits per heavy atom. The van der Waals surface area contributed by atoms with Crippen LogP contribution in [0.15, 0.2) is 18.2 Å². The SMILES string of the molecule is O=[N+]([O-])c1ccc(Cl)cc1CNC1CCCSC1. The van der Waals surface area contributed by atoms with E-state index in [9.17, 15) is 10.1 Å². The summed E-state index contributed by atoms with van der Waals surface area (Å²) in [5.41, 5.74) is 0.790. The minimum Gasteiger partial charge on any atom is -0.309 e. The van der Waals surface area contributed by atoms with E-state index < -0.39 is 0 Å². The van der Waals surface area contributed by atoms with Crippen molar-refractivity contribution in [2.24, 2.45) is 0 Å². The van der Waals surface area contributed by atoms with Gasteiger partial charge in [-0.3, -0.25) is 10.1 Å². The van der Waals surface area contributed by atoms with Crippen LogP contribution in [0, 0.1) is 10.1 Å². The predicted octanol–water partition coefficient (Wildman–Crippen LogP) is 3.23. The first kappa shape index (κ1) is 13.6. The van der Waals surface area contributed by atoms with Crippen molar-refractivity contribution in [2.75, 3.05) is 11.5 Å². The van der Waals surface area contributed by atoms with Gasteiger partial charge in [0.1, 0.15) is 0 Å². The van der Waals surface area contributed by atoms with E-state index in [1.807, 2.05) is 11.8 Å². The molecule has 6 heteroatoms. The molecular weight excluding hydrogens is 272 g/mol. The fraction of sp³-hybridized carbons (Fsp3) is 0.500. The summed E-state index contributed by atoms with van der Waals surface area (Å²) in [7, 11) is 0. The fourth-order valence-electron chi connectivity index (χ4n) is 2.03. The maximum atomic E-state index is 10.9. The largest absolute Gasteiger partial charge is 0.309 e. The molecule has 1 aliphatic rings. The number of benzene rings is 1. The first-order valence-corrected chi connectivity index (χ1v) is 7.44. The van der Waals surface area contributed by atoms with Crippen molar-refractivity contribution in [1.82, 2.24) is 5.32 Å². The van der Waals surface area contributed by atoms with Gasteiger partial charge in [-0.1, -0.05) is 11.6 Å². The molecule has 1 fully saturated rings. The molecule has 1 unspecified atom stereocenters. The van der Waals surface area contributed by atoms with Gasteiger partial charge < -0.3 is 5.32 Å². The lowest BCUT2D eigenvalue weighted by Crippen LogP contribution is -2.33. The number of nitro groups is 1. The van der Waals surface area contributed by atoms with Crippen molar-refractivity contribution < 1.29 is 4.92 Å². The Morgan fingerprint density at radius 3 is 3.06 bits per heavy atom. The molecule has 98 valence electrons. The molecule has 4 nitrogen and oxygen atoms in total. The summed E-state index contributed by atoms with van der Waals surface area (Å²) in [4.78, 5) is 10.6. The molecule has 0 spiro atoms. The Bertz CT molecular complexity index is 436. The summed E-state index contributed by atoms with van der Waals surface area (Å²) in [5, 5.41) is 14.8. The molecule has 0 aromatic heterocycles. The highest BCUT2D eigenvalue weighted by Crippen LogP contribution is 2.23. The monoisotopic (exact) mass is 286 g/mol. The van der Waals surface area contributed by atoms with Crippen LogP contribution < -0.4 is 5.32 Å². The molecule has 18 heavy (non-hydrogen) atoms. The zero-order valence-corrected chi connectivity index (χ0v) is 11.5. The molecule has 0 saturated carbocycles. The molecule has 1 N–H and O–H groups in total. The van der Waals surface area contributed by atoms with Gasteiger partial charge in [-0.15, -0.1) is 0 Å². The van der Waals surface area contributed by atoms with Crippen LogP contribution in [0.1, 0.15) is 18.4 Å². The standard InChI is InChI=1S/C12H15ClN2O2S/c13-10-3-4-12(15(16)17)9(6-10)7-14-11-2-1-5-18-8-11/h3-4,6,11,14H,1-2,5,7-8H2. The molecule has 1 atom stereocenters. The number of nitrogens with one attached hydrogen (secondary N) is 1. The van der Waals surface area contributed by atoms with E-state index in [0.717, 1.165) is 12.2 Å². The molecular formula is C12H15ClN2O2S. The summed E-state index contributed by atoms with van der Waals surface area (Å²) < 4.78 is 0. The number of thioether (sulfide) groups is 1. The van der Waals surface area contributed by atoms with Crippen LogP contribution in [0.25, 0.3) is 0 Å². The first-order chi connectivity index (χ1) is 8.66. The van der Waals surface area contributed by atoms with Gasteiger partial charge in [0, 0.05) is 35.0 Å². The molecule has 1 aliphatic heterocycles. The van der Waals surface area contributed by atoms with Crippen LogP contribution in [0.2, 0.25) is 5.02 Å². The second-order valence-corrected chi connectivity index (χ2v) is 5.91. The molecule has 1 saturated heterocycles. The average Bonchev–Trinajstić information content (AvgIpc) is 2.37. The second-order valence-electron chi connectivity index (χ2n) is 4.33. The van der Waals surface area contributed by atoms with Crippen LogP contribution in [-0.2, 0) is 6.54 Å². The lowest BCUT2D eigenvalue weighted by molar-refractivity contribution is -0.385. The summed E-state index contributed by atoms with van der Waals surface area (Å²) in [5.74, 6) is 2.30. The Labute approximate surface area is 115 Å². The number of halogens is 1. The summed E-state index contributed by atoms with van der Waals surface area (Å²) in [6.07, 6.45) is 2.35. The van der Waals surface area contributed by atoms with Gasteiger partial charge in [0.2, 0.25) is 0 Å². The second kappa shape index (κ2) is 6.41. The van der Waals surface area contributed by atoms with Gasteiger partial charge in [-0.2, -0.15) is 11.8 Å². The highest BCUT2D eigenvalue weighted by molar-refractivity contribution is 7.99. The molecule has 0 radical (unpaired) electrons. The predicted molar refractivity (Wildman–Crippen MR) is 75.3 cm³/mol. The third-order valence-electron chi connectivity index (χ3n) is 2.98. The van der Waals surface area contributed by atoms with Crippen LogP contribution >= 0.6 is 23.4 Å². The third-order valence-corrected chi connectivity index (χ3v) is 4.43. The molecule has 1 heterocycles. The Morgan fingerprint density at radius 2 is 2.39 bits per heavy atom. The van der Waals surface area contributed by atoms with E-state index in [2.05, 4.69) is 5.32 Å².